The number of nitrogens with zero attached hydrogens (tertiary/aromatic N) is 7. The summed E-state index contributed by atoms with van der Waals surface area (Å²) in [5.41, 5.74) is 1.87. The summed E-state index contributed by atoms with van der Waals surface area (Å²) in [7, 11) is 3.90. The van der Waals surface area contributed by atoms with E-state index in [9.17, 15) is 9.59 Å². The third kappa shape index (κ3) is 7.25. The van der Waals surface area contributed by atoms with Gasteiger partial charge in [-0.15, -0.1) is 0 Å². The van der Waals surface area contributed by atoms with Crippen LogP contribution in [0, 0.1) is 0 Å². The highest BCUT2D eigenvalue weighted by Crippen LogP contribution is 2.25. The Morgan fingerprint density at radius 2 is 1.78 bits per heavy atom. The van der Waals surface area contributed by atoms with Crippen LogP contribution in [0.3, 0.4) is 0 Å². The van der Waals surface area contributed by atoms with Crippen LogP contribution in [-0.4, -0.2) is 125 Å². The molecule has 224 valence electrons. The number of likely N-dealkylation sites (N-methyl/N-ethyl adjacent to an activating group) is 1. The molecule has 2 amide bonds. The second kappa shape index (κ2) is 13.0. The van der Waals surface area contributed by atoms with Gasteiger partial charge in [0.1, 0.15) is 6.10 Å². The molecule has 2 aromatic heterocycles. The zero-order valence-electron chi connectivity index (χ0n) is 24.6. The van der Waals surface area contributed by atoms with E-state index in [-0.39, 0.29) is 36.1 Å². The molecule has 0 aliphatic carbocycles. The van der Waals surface area contributed by atoms with Gasteiger partial charge in [0.25, 0.3) is 0 Å². The summed E-state index contributed by atoms with van der Waals surface area (Å²) in [6.45, 7) is 8.48. The zero-order valence-corrected chi connectivity index (χ0v) is 24.6. The Bertz CT molecular complexity index is 1230. The van der Waals surface area contributed by atoms with E-state index in [4.69, 9.17) is 19.4 Å². The molecule has 13 nitrogen and oxygen atoms in total. The Hall–Kier alpha value is -3.45. The average Bonchev–Trinajstić information content (AvgIpc) is 3.36. The average molecular weight is 570 g/mol. The standard InChI is InChI=1S/C28H43N9O4/c1-19(2)23-16-29-37-25(23)32-26(30-21-9-14-40-15-10-21)33-27(37)31-20-7-12-35(13-8-20)28(39)41-22-17-36(18-22)24(38)6-5-11-34(3)4/h5-6,16,19-22H,7-15,17-18H2,1-4H3,(H2,30,31,32,33)/b6-5+. The van der Waals surface area contributed by atoms with Crippen molar-refractivity contribution in [2.45, 2.75) is 63.6 Å². The molecule has 3 fully saturated rings. The summed E-state index contributed by atoms with van der Waals surface area (Å²) in [5.74, 6) is 1.47. The van der Waals surface area contributed by atoms with Gasteiger partial charge in [-0.05, 0) is 45.7 Å². The van der Waals surface area contributed by atoms with Crippen LogP contribution in [0.2, 0.25) is 0 Å². The van der Waals surface area contributed by atoms with E-state index in [2.05, 4.69) is 29.6 Å². The number of rotatable bonds is 9. The van der Waals surface area contributed by atoms with Gasteiger partial charge in [0.05, 0.1) is 19.3 Å². The molecule has 0 bridgehead atoms. The van der Waals surface area contributed by atoms with Crippen molar-refractivity contribution in [3.63, 3.8) is 0 Å². The van der Waals surface area contributed by atoms with Crippen LogP contribution < -0.4 is 10.6 Å². The molecule has 0 unspecified atom stereocenters. The third-order valence-corrected chi connectivity index (χ3v) is 7.82. The number of ether oxygens (including phenoxy) is 2. The molecule has 13 heteroatoms. The minimum Gasteiger partial charge on any atom is -0.442 e. The van der Waals surface area contributed by atoms with Crippen molar-refractivity contribution < 1.29 is 19.1 Å². The first-order valence-corrected chi connectivity index (χ1v) is 14.7. The number of aromatic nitrogens is 4. The lowest BCUT2D eigenvalue weighted by Crippen LogP contribution is -2.56. The molecular weight excluding hydrogens is 526 g/mol. The first kappa shape index (κ1) is 29.1. The SMILES string of the molecule is CC(C)c1cnn2c(NC3CCN(C(=O)OC4CN(C(=O)/C=C/CN(C)C)C4)CC3)nc(NC3CCOCC3)nc12. The number of anilines is 2. The van der Waals surface area contributed by atoms with Crippen LogP contribution >= 0.6 is 0 Å². The van der Waals surface area contributed by atoms with Crippen molar-refractivity contribution in [3.8, 4) is 0 Å². The number of hydrogen-bond acceptors (Lipinski definition) is 10. The maximum absolute atomic E-state index is 12.8. The van der Waals surface area contributed by atoms with Crippen LogP contribution in [0.25, 0.3) is 5.65 Å². The first-order valence-electron chi connectivity index (χ1n) is 14.7. The van der Waals surface area contributed by atoms with Gasteiger partial charge in [0.15, 0.2) is 5.65 Å². The van der Waals surface area contributed by atoms with Gasteiger partial charge in [-0.2, -0.15) is 19.6 Å². The van der Waals surface area contributed by atoms with E-state index in [1.807, 2.05) is 31.3 Å². The maximum Gasteiger partial charge on any atom is 0.410 e. The zero-order chi connectivity index (χ0) is 28.9. The lowest BCUT2D eigenvalue weighted by atomic mass is 10.1. The second-order valence-electron chi connectivity index (χ2n) is 11.7. The van der Waals surface area contributed by atoms with Crippen LogP contribution in [0.4, 0.5) is 16.7 Å². The third-order valence-electron chi connectivity index (χ3n) is 7.82. The van der Waals surface area contributed by atoms with Crippen LogP contribution in [0.1, 0.15) is 51.0 Å². The predicted octanol–water partition coefficient (Wildman–Crippen LogP) is 2.18. The highest BCUT2D eigenvalue weighted by Gasteiger charge is 2.34. The molecule has 3 aliphatic heterocycles. The Labute approximate surface area is 241 Å². The molecule has 0 atom stereocenters. The molecule has 5 rings (SSSR count). The molecular formula is C28H43N9O4. The molecule has 2 aromatic rings. The molecule has 0 spiro atoms. The number of carbonyl (C=O) groups excluding carboxylic acids is 2. The quantitative estimate of drug-likeness (QED) is 0.434. The second-order valence-corrected chi connectivity index (χ2v) is 11.7. The predicted molar refractivity (Wildman–Crippen MR) is 155 cm³/mol. The largest absolute Gasteiger partial charge is 0.442 e. The van der Waals surface area contributed by atoms with E-state index in [1.165, 1.54) is 0 Å². The summed E-state index contributed by atoms with van der Waals surface area (Å²) < 4.78 is 12.9. The minimum absolute atomic E-state index is 0.0475. The van der Waals surface area contributed by atoms with Crippen molar-refractivity contribution in [2.24, 2.45) is 0 Å². The summed E-state index contributed by atoms with van der Waals surface area (Å²) in [6, 6.07) is 0.407. The lowest BCUT2D eigenvalue weighted by Gasteiger charge is -2.39. The number of nitrogens with one attached hydrogen (secondary N) is 2. The Morgan fingerprint density at radius 1 is 1.07 bits per heavy atom. The molecule has 5 heterocycles. The van der Waals surface area contributed by atoms with Gasteiger partial charge in [-0.25, -0.2) is 4.79 Å². The number of fused-ring (bicyclic) bond motifs is 1. The van der Waals surface area contributed by atoms with E-state index in [0.29, 0.717) is 44.6 Å². The van der Waals surface area contributed by atoms with Crippen molar-refractivity contribution in [2.75, 3.05) is 70.7 Å². The molecule has 3 saturated heterocycles. The van der Waals surface area contributed by atoms with E-state index >= 15 is 0 Å². The number of hydrogen-bond donors (Lipinski definition) is 2. The van der Waals surface area contributed by atoms with Gasteiger partial charge in [-0.3, -0.25) is 4.79 Å². The molecule has 0 saturated carbocycles. The topological polar surface area (TPSA) is 129 Å². The summed E-state index contributed by atoms with van der Waals surface area (Å²) in [4.78, 5) is 40.0. The fourth-order valence-corrected chi connectivity index (χ4v) is 5.25. The molecule has 0 aromatic carbocycles. The minimum atomic E-state index is -0.315. The van der Waals surface area contributed by atoms with Gasteiger partial charge in [0, 0.05) is 56.6 Å². The van der Waals surface area contributed by atoms with Gasteiger partial charge in [0.2, 0.25) is 17.8 Å². The van der Waals surface area contributed by atoms with Gasteiger partial charge >= 0.3 is 6.09 Å². The number of carbonyl (C=O) groups is 2. The fraction of sp³-hybridized carbons (Fsp3) is 0.679. The van der Waals surface area contributed by atoms with Crippen molar-refractivity contribution >= 4 is 29.5 Å². The number of likely N-dealkylation sites (tertiary alicyclic amines) is 2. The number of piperidine rings is 1. The molecule has 2 N–H and O–H groups in total. The summed E-state index contributed by atoms with van der Waals surface area (Å²) >= 11 is 0. The lowest BCUT2D eigenvalue weighted by molar-refractivity contribution is -0.136. The summed E-state index contributed by atoms with van der Waals surface area (Å²) in [6.07, 6.45) is 8.08. The van der Waals surface area contributed by atoms with Gasteiger partial charge < -0.3 is 34.8 Å². The fourth-order valence-electron chi connectivity index (χ4n) is 5.25. The Kier molecular flexibility index (Phi) is 9.23. The van der Waals surface area contributed by atoms with Crippen molar-refractivity contribution in [1.29, 1.82) is 0 Å². The number of amides is 2. The van der Waals surface area contributed by atoms with E-state index < -0.39 is 0 Å². The van der Waals surface area contributed by atoms with Crippen LogP contribution in [-0.2, 0) is 14.3 Å². The normalized spacial score (nSPS) is 19.4. The monoisotopic (exact) mass is 569 g/mol. The molecule has 41 heavy (non-hydrogen) atoms. The Balaban J connectivity index is 1.14. The first-order chi connectivity index (χ1) is 19.8. The van der Waals surface area contributed by atoms with Crippen LogP contribution in [0.5, 0.6) is 0 Å². The maximum atomic E-state index is 12.8. The van der Waals surface area contributed by atoms with Crippen molar-refractivity contribution in [3.05, 3.63) is 23.9 Å². The highest BCUT2D eigenvalue weighted by molar-refractivity contribution is 5.88. The summed E-state index contributed by atoms with van der Waals surface area (Å²) in [5, 5.41) is 11.7. The van der Waals surface area contributed by atoms with Crippen molar-refractivity contribution in [1.82, 2.24) is 34.3 Å². The Morgan fingerprint density at radius 3 is 2.46 bits per heavy atom. The molecule has 3 aliphatic rings. The van der Waals surface area contributed by atoms with Gasteiger partial charge in [-0.1, -0.05) is 19.9 Å². The molecule has 0 radical (unpaired) electrons. The van der Waals surface area contributed by atoms with E-state index in [0.717, 1.165) is 50.1 Å². The highest BCUT2D eigenvalue weighted by atomic mass is 16.6. The van der Waals surface area contributed by atoms with Crippen LogP contribution in [0.15, 0.2) is 18.3 Å². The van der Waals surface area contributed by atoms with E-state index in [1.54, 1.807) is 20.4 Å². The smallest absolute Gasteiger partial charge is 0.410 e.